The van der Waals surface area contributed by atoms with E-state index in [0.717, 1.165) is 17.8 Å². The molecule has 0 radical (unpaired) electrons. The van der Waals surface area contributed by atoms with Crippen molar-refractivity contribution in [3.8, 4) is 0 Å². The van der Waals surface area contributed by atoms with Gasteiger partial charge < -0.3 is 5.73 Å². The van der Waals surface area contributed by atoms with Gasteiger partial charge in [0.25, 0.3) is 0 Å². The van der Waals surface area contributed by atoms with E-state index in [1.165, 1.54) is 44.9 Å². The number of hydrogen-bond acceptors (Lipinski definition) is 1. The van der Waals surface area contributed by atoms with Crippen LogP contribution in [-0.2, 0) is 0 Å². The van der Waals surface area contributed by atoms with E-state index >= 15 is 0 Å². The van der Waals surface area contributed by atoms with E-state index in [2.05, 4.69) is 6.92 Å². The van der Waals surface area contributed by atoms with Crippen molar-refractivity contribution in [3.63, 3.8) is 0 Å². The highest BCUT2D eigenvalue weighted by atomic mass is 14.7. The maximum atomic E-state index is 6.25. The van der Waals surface area contributed by atoms with Crippen LogP contribution in [0.15, 0.2) is 0 Å². The third kappa shape index (κ3) is 2.25. The van der Waals surface area contributed by atoms with Gasteiger partial charge >= 0.3 is 0 Å². The largest absolute Gasteiger partial charge is 0.327 e. The van der Waals surface area contributed by atoms with Crippen LogP contribution in [0.3, 0.4) is 0 Å². The Morgan fingerprint density at radius 2 is 2.00 bits per heavy atom. The van der Waals surface area contributed by atoms with Crippen molar-refractivity contribution in [2.45, 2.75) is 57.9 Å². The van der Waals surface area contributed by atoms with Crippen molar-refractivity contribution >= 4 is 0 Å². The van der Waals surface area contributed by atoms with E-state index in [1.807, 2.05) is 0 Å². The molecule has 0 aliphatic heterocycles. The fraction of sp³-hybridized carbons (Fsp3) is 1.00. The van der Waals surface area contributed by atoms with Gasteiger partial charge in [0.2, 0.25) is 0 Å². The molecule has 0 amide bonds. The van der Waals surface area contributed by atoms with Gasteiger partial charge in [-0.3, -0.25) is 0 Å². The average Bonchev–Trinajstić information content (AvgIpc) is 2.44. The lowest BCUT2D eigenvalue weighted by atomic mass is 9.78. The average molecular weight is 181 g/mol. The zero-order valence-electron chi connectivity index (χ0n) is 8.84. The third-order valence-corrected chi connectivity index (χ3v) is 4.17. The third-order valence-electron chi connectivity index (χ3n) is 4.17. The highest BCUT2D eigenvalue weighted by Crippen LogP contribution is 2.37. The molecule has 0 heterocycles. The van der Waals surface area contributed by atoms with Gasteiger partial charge in [0.15, 0.2) is 0 Å². The van der Waals surface area contributed by atoms with Crippen LogP contribution in [0.5, 0.6) is 0 Å². The molecular formula is C12H23N. The van der Waals surface area contributed by atoms with Crippen LogP contribution >= 0.6 is 0 Å². The highest BCUT2D eigenvalue weighted by molar-refractivity contribution is 4.84. The molecule has 1 nitrogen and oxygen atoms in total. The second-order valence-electron chi connectivity index (χ2n) is 5.37. The number of rotatable bonds is 3. The minimum atomic E-state index is 0.523. The summed E-state index contributed by atoms with van der Waals surface area (Å²) < 4.78 is 0. The van der Waals surface area contributed by atoms with Gasteiger partial charge in [0.1, 0.15) is 0 Å². The molecule has 2 saturated carbocycles. The van der Waals surface area contributed by atoms with E-state index in [0.29, 0.717) is 6.04 Å². The monoisotopic (exact) mass is 181 g/mol. The van der Waals surface area contributed by atoms with Crippen molar-refractivity contribution in [1.82, 2.24) is 0 Å². The van der Waals surface area contributed by atoms with Crippen molar-refractivity contribution in [2.75, 3.05) is 0 Å². The lowest BCUT2D eigenvalue weighted by molar-refractivity contribution is 0.245. The second kappa shape index (κ2) is 4.00. The fourth-order valence-corrected chi connectivity index (χ4v) is 2.95. The Balaban J connectivity index is 1.72. The van der Waals surface area contributed by atoms with Gasteiger partial charge in [-0.05, 0) is 37.0 Å². The van der Waals surface area contributed by atoms with Crippen LogP contribution in [0.2, 0.25) is 0 Å². The van der Waals surface area contributed by atoms with E-state index < -0.39 is 0 Å². The molecule has 2 fully saturated rings. The van der Waals surface area contributed by atoms with Gasteiger partial charge in [-0.1, -0.05) is 32.6 Å². The predicted molar refractivity (Wildman–Crippen MR) is 56.4 cm³/mol. The van der Waals surface area contributed by atoms with Gasteiger partial charge in [0, 0.05) is 6.04 Å². The molecule has 0 bridgehead atoms. The Kier molecular flexibility index (Phi) is 2.92. The van der Waals surface area contributed by atoms with Gasteiger partial charge in [0.05, 0.1) is 0 Å². The SMILES string of the molecule is CC1CCC(C(N)CC2CCC2)C1. The molecule has 0 spiro atoms. The second-order valence-corrected chi connectivity index (χ2v) is 5.37. The van der Waals surface area contributed by atoms with E-state index in [9.17, 15) is 0 Å². The minimum absolute atomic E-state index is 0.523. The smallest absolute Gasteiger partial charge is 0.00699 e. The summed E-state index contributed by atoms with van der Waals surface area (Å²) in [5.74, 6) is 2.79. The molecule has 0 aromatic carbocycles. The summed E-state index contributed by atoms with van der Waals surface area (Å²) in [7, 11) is 0. The van der Waals surface area contributed by atoms with E-state index in [1.54, 1.807) is 0 Å². The fourth-order valence-electron chi connectivity index (χ4n) is 2.95. The molecule has 3 unspecified atom stereocenters. The molecule has 13 heavy (non-hydrogen) atoms. The number of nitrogens with two attached hydrogens (primary N) is 1. The lowest BCUT2D eigenvalue weighted by Gasteiger charge is -2.30. The normalized spacial score (nSPS) is 37.4. The van der Waals surface area contributed by atoms with E-state index in [4.69, 9.17) is 5.73 Å². The Labute approximate surface area is 82.1 Å². The summed E-state index contributed by atoms with van der Waals surface area (Å²) >= 11 is 0. The summed E-state index contributed by atoms with van der Waals surface area (Å²) in [6.45, 7) is 2.37. The Hall–Kier alpha value is -0.0400. The van der Waals surface area contributed by atoms with E-state index in [-0.39, 0.29) is 0 Å². The molecule has 2 aliphatic rings. The quantitative estimate of drug-likeness (QED) is 0.711. The summed E-state index contributed by atoms with van der Waals surface area (Å²) in [5, 5.41) is 0. The van der Waals surface area contributed by atoms with Crippen LogP contribution < -0.4 is 5.73 Å². The summed E-state index contributed by atoms with van der Waals surface area (Å²) in [5.41, 5.74) is 6.25. The maximum Gasteiger partial charge on any atom is 0.00699 e. The molecule has 3 atom stereocenters. The lowest BCUT2D eigenvalue weighted by Crippen LogP contribution is -2.32. The van der Waals surface area contributed by atoms with Crippen molar-refractivity contribution in [3.05, 3.63) is 0 Å². The van der Waals surface area contributed by atoms with Crippen LogP contribution in [-0.4, -0.2) is 6.04 Å². The minimum Gasteiger partial charge on any atom is -0.327 e. The zero-order valence-corrected chi connectivity index (χ0v) is 8.84. The first-order valence-corrected chi connectivity index (χ1v) is 6.01. The predicted octanol–water partition coefficient (Wildman–Crippen LogP) is 2.94. The van der Waals surface area contributed by atoms with Gasteiger partial charge in [-0.15, -0.1) is 0 Å². The number of hydrogen-bond donors (Lipinski definition) is 1. The molecule has 0 aromatic heterocycles. The molecule has 0 saturated heterocycles. The maximum absolute atomic E-state index is 6.25. The van der Waals surface area contributed by atoms with Crippen molar-refractivity contribution < 1.29 is 0 Å². The van der Waals surface area contributed by atoms with Crippen LogP contribution in [0.4, 0.5) is 0 Å². The first kappa shape index (κ1) is 9.51. The van der Waals surface area contributed by atoms with Crippen molar-refractivity contribution in [2.24, 2.45) is 23.5 Å². The summed E-state index contributed by atoms with van der Waals surface area (Å²) in [4.78, 5) is 0. The topological polar surface area (TPSA) is 26.0 Å². The first-order chi connectivity index (χ1) is 6.25. The molecular weight excluding hydrogens is 158 g/mol. The molecule has 2 rings (SSSR count). The van der Waals surface area contributed by atoms with Crippen molar-refractivity contribution in [1.29, 1.82) is 0 Å². The first-order valence-electron chi connectivity index (χ1n) is 6.01. The van der Waals surface area contributed by atoms with Gasteiger partial charge in [-0.2, -0.15) is 0 Å². The molecule has 1 heteroatoms. The molecule has 2 aliphatic carbocycles. The summed E-state index contributed by atoms with van der Waals surface area (Å²) in [6, 6.07) is 0.523. The Morgan fingerprint density at radius 3 is 2.46 bits per heavy atom. The molecule has 0 aromatic rings. The zero-order chi connectivity index (χ0) is 9.26. The standard InChI is InChI=1S/C12H23N/c1-9-5-6-11(7-9)12(13)8-10-3-2-4-10/h9-12H,2-8,13H2,1H3. The molecule has 2 N–H and O–H groups in total. The molecule has 76 valence electrons. The van der Waals surface area contributed by atoms with Crippen LogP contribution in [0.1, 0.15) is 51.9 Å². The Morgan fingerprint density at radius 1 is 1.23 bits per heavy atom. The van der Waals surface area contributed by atoms with Gasteiger partial charge in [-0.25, -0.2) is 0 Å². The van der Waals surface area contributed by atoms with Crippen LogP contribution in [0.25, 0.3) is 0 Å². The highest BCUT2D eigenvalue weighted by Gasteiger charge is 2.29. The summed E-state index contributed by atoms with van der Waals surface area (Å²) in [6.07, 6.45) is 9.90. The Bertz CT molecular complexity index is 163. The van der Waals surface area contributed by atoms with Crippen LogP contribution in [0, 0.1) is 17.8 Å².